The van der Waals surface area contributed by atoms with Crippen molar-refractivity contribution in [2.75, 3.05) is 21.3 Å². The molecule has 2 aliphatic heterocycles. The monoisotopic (exact) mass is 406 g/mol. The van der Waals surface area contributed by atoms with E-state index in [1.807, 2.05) is 47.5 Å². The van der Waals surface area contributed by atoms with Gasteiger partial charge >= 0.3 is 0 Å². The third-order valence-corrected chi connectivity index (χ3v) is 5.50. The minimum absolute atomic E-state index is 0.00189. The lowest BCUT2D eigenvalue weighted by Crippen LogP contribution is -2.33. The van der Waals surface area contributed by atoms with E-state index in [-0.39, 0.29) is 6.04 Å². The number of furan rings is 1. The Balaban J connectivity index is 1.62. The Hall–Kier alpha value is -3.61. The third kappa shape index (κ3) is 2.85. The molecule has 0 saturated heterocycles. The van der Waals surface area contributed by atoms with Crippen LogP contribution in [0.1, 0.15) is 35.6 Å². The minimum atomic E-state index is -0.453. The van der Waals surface area contributed by atoms with Crippen LogP contribution in [0.25, 0.3) is 0 Å². The molecule has 0 radical (unpaired) electrons. The van der Waals surface area contributed by atoms with E-state index < -0.39 is 6.23 Å². The van der Waals surface area contributed by atoms with Crippen LogP contribution in [-0.2, 0) is 0 Å². The topological polar surface area (TPSA) is 65.7 Å². The van der Waals surface area contributed by atoms with Crippen LogP contribution in [0.3, 0.4) is 0 Å². The van der Waals surface area contributed by atoms with Gasteiger partial charge in [0.15, 0.2) is 23.0 Å². The highest BCUT2D eigenvalue weighted by Crippen LogP contribution is 2.51. The summed E-state index contributed by atoms with van der Waals surface area (Å²) in [5, 5.41) is 6.87. The number of ether oxygens (including phenoxy) is 4. The van der Waals surface area contributed by atoms with Gasteiger partial charge in [-0.2, -0.15) is 5.10 Å². The van der Waals surface area contributed by atoms with Gasteiger partial charge in [-0.25, -0.2) is 5.01 Å². The zero-order valence-corrected chi connectivity index (χ0v) is 17.0. The summed E-state index contributed by atoms with van der Waals surface area (Å²) in [5.74, 6) is 3.49. The molecule has 3 aromatic rings. The molecule has 0 bridgehead atoms. The molecule has 0 unspecified atom stereocenters. The molecule has 154 valence electrons. The molecule has 0 amide bonds. The minimum Gasteiger partial charge on any atom is -0.493 e. The lowest BCUT2D eigenvalue weighted by Gasteiger charge is -2.38. The molecular weight excluding hydrogens is 384 g/mol. The molecule has 0 aliphatic carbocycles. The second-order valence-corrected chi connectivity index (χ2v) is 7.09. The van der Waals surface area contributed by atoms with Gasteiger partial charge in [0.05, 0.1) is 33.6 Å². The fourth-order valence-corrected chi connectivity index (χ4v) is 4.06. The number of hydrogen-bond donors (Lipinski definition) is 0. The van der Waals surface area contributed by atoms with Crippen LogP contribution < -0.4 is 18.9 Å². The predicted octanol–water partition coefficient (Wildman–Crippen LogP) is 4.55. The van der Waals surface area contributed by atoms with Crippen LogP contribution in [0.5, 0.6) is 23.0 Å². The molecule has 2 atom stereocenters. The normalized spacial score (nSPS) is 19.4. The Morgan fingerprint density at radius 3 is 2.50 bits per heavy atom. The van der Waals surface area contributed by atoms with Gasteiger partial charge in [-0.3, -0.25) is 0 Å². The third-order valence-electron chi connectivity index (χ3n) is 5.50. The number of para-hydroxylation sites is 1. The molecule has 0 spiro atoms. The van der Waals surface area contributed by atoms with Crippen LogP contribution in [0.15, 0.2) is 64.3 Å². The van der Waals surface area contributed by atoms with E-state index in [0.29, 0.717) is 23.7 Å². The average molecular weight is 406 g/mol. The molecule has 30 heavy (non-hydrogen) atoms. The summed E-state index contributed by atoms with van der Waals surface area (Å²) < 4.78 is 28.5. The highest BCUT2D eigenvalue weighted by atomic mass is 16.5. The van der Waals surface area contributed by atoms with Crippen molar-refractivity contribution in [2.45, 2.75) is 18.7 Å². The first-order valence-electron chi connectivity index (χ1n) is 9.68. The lowest BCUT2D eigenvalue weighted by atomic mass is 9.97. The molecular formula is C23H22N2O5. The Kier molecular flexibility index (Phi) is 4.50. The SMILES string of the molecule is COc1ccc([C@H]2Oc3c(OC)cccc3[C@@H]3CC(c4ccco4)=NN23)cc1OC. The fraction of sp³-hybridized carbons (Fsp3) is 0.261. The summed E-state index contributed by atoms with van der Waals surface area (Å²) >= 11 is 0. The van der Waals surface area contributed by atoms with E-state index in [1.54, 1.807) is 27.6 Å². The summed E-state index contributed by atoms with van der Waals surface area (Å²) in [7, 11) is 4.88. The Morgan fingerprint density at radius 2 is 1.77 bits per heavy atom. The second-order valence-electron chi connectivity index (χ2n) is 7.09. The quantitative estimate of drug-likeness (QED) is 0.619. The van der Waals surface area contributed by atoms with Gasteiger partial charge in [0.25, 0.3) is 0 Å². The van der Waals surface area contributed by atoms with Gasteiger partial charge in [0.2, 0.25) is 6.23 Å². The second kappa shape index (κ2) is 7.33. The summed E-state index contributed by atoms with van der Waals surface area (Å²) in [6, 6.07) is 15.5. The largest absolute Gasteiger partial charge is 0.493 e. The average Bonchev–Trinajstić information content (AvgIpc) is 3.47. The lowest BCUT2D eigenvalue weighted by molar-refractivity contribution is -0.0210. The number of hydrazone groups is 1. The number of hydrogen-bond acceptors (Lipinski definition) is 7. The van der Waals surface area contributed by atoms with Crippen LogP contribution in [0.2, 0.25) is 0 Å². The van der Waals surface area contributed by atoms with Crippen molar-refractivity contribution in [2.24, 2.45) is 5.10 Å². The summed E-state index contributed by atoms with van der Waals surface area (Å²) in [4.78, 5) is 0. The van der Waals surface area contributed by atoms with E-state index in [2.05, 4.69) is 6.07 Å². The van der Waals surface area contributed by atoms with Gasteiger partial charge in [-0.05, 0) is 36.4 Å². The van der Waals surface area contributed by atoms with Crippen LogP contribution in [0.4, 0.5) is 0 Å². The standard InChI is InChI=1S/C23H22N2O5/c1-26-19-10-9-14(12-21(19)28-3)23-25-17(13-16(24-25)18-8-5-11-29-18)15-6-4-7-20(27-2)22(15)30-23/h4-12,17,23H,13H2,1-3H3/t17-,23+/m0/s1. The van der Waals surface area contributed by atoms with E-state index >= 15 is 0 Å². The molecule has 5 rings (SSSR count). The fourth-order valence-electron chi connectivity index (χ4n) is 4.06. The number of methoxy groups -OCH3 is 3. The van der Waals surface area contributed by atoms with Gasteiger partial charge in [-0.1, -0.05) is 12.1 Å². The maximum Gasteiger partial charge on any atom is 0.214 e. The van der Waals surface area contributed by atoms with Crippen LogP contribution in [0, 0.1) is 0 Å². The first-order chi connectivity index (χ1) is 14.7. The predicted molar refractivity (Wildman–Crippen MR) is 110 cm³/mol. The van der Waals surface area contributed by atoms with E-state index in [0.717, 1.165) is 28.3 Å². The Morgan fingerprint density at radius 1 is 0.933 bits per heavy atom. The number of rotatable bonds is 5. The van der Waals surface area contributed by atoms with Gasteiger partial charge in [-0.15, -0.1) is 0 Å². The summed E-state index contributed by atoms with van der Waals surface area (Å²) in [6.07, 6.45) is 1.92. The first kappa shape index (κ1) is 18.4. The number of fused-ring (bicyclic) bond motifs is 3. The van der Waals surface area contributed by atoms with Crippen molar-refractivity contribution >= 4 is 5.71 Å². The zero-order valence-electron chi connectivity index (χ0n) is 17.0. The molecule has 0 saturated carbocycles. The van der Waals surface area contributed by atoms with E-state index in [1.165, 1.54) is 0 Å². The van der Waals surface area contributed by atoms with Crippen molar-refractivity contribution in [1.29, 1.82) is 0 Å². The molecule has 1 aromatic heterocycles. The van der Waals surface area contributed by atoms with Gasteiger partial charge in [0, 0.05) is 17.5 Å². The van der Waals surface area contributed by atoms with Gasteiger partial charge < -0.3 is 23.4 Å². The molecule has 7 heteroatoms. The molecule has 7 nitrogen and oxygen atoms in total. The Labute approximate surface area is 174 Å². The van der Waals surface area contributed by atoms with Crippen molar-refractivity contribution < 1.29 is 23.4 Å². The molecule has 0 fully saturated rings. The van der Waals surface area contributed by atoms with Crippen LogP contribution in [-0.4, -0.2) is 32.0 Å². The molecule has 2 aliphatic rings. The first-order valence-corrected chi connectivity index (χ1v) is 9.68. The Bertz CT molecular complexity index is 1090. The van der Waals surface area contributed by atoms with Crippen molar-refractivity contribution in [3.05, 3.63) is 71.7 Å². The van der Waals surface area contributed by atoms with Crippen molar-refractivity contribution in [1.82, 2.24) is 5.01 Å². The molecule has 2 aromatic carbocycles. The van der Waals surface area contributed by atoms with Crippen LogP contribution >= 0.6 is 0 Å². The highest BCUT2D eigenvalue weighted by Gasteiger charge is 2.42. The molecule has 3 heterocycles. The zero-order chi connectivity index (χ0) is 20.7. The summed E-state index contributed by atoms with van der Waals surface area (Å²) in [5.41, 5.74) is 2.82. The van der Waals surface area contributed by atoms with Crippen molar-refractivity contribution in [3.63, 3.8) is 0 Å². The van der Waals surface area contributed by atoms with Gasteiger partial charge in [0.1, 0.15) is 11.5 Å². The van der Waals surface area contributed by atoms with E-state index in [4.69, 9.17) is 28.5 Å². The number of nitrogens with zero attached hydrogens (tertiary/aromatic N) is 2. The number of benzene rings is 2. The molecule has 0 N–H and O–H groups in total. The van der Waals surface area contributed by atoms with Crippen molar-refractivity contribution in [3.8, 4) is 23.0 Å². The maximum atomic E-state index is 6.46. The smallest absolute Gasteiger partial charge is 0.214 e. The summed E-state index contributed by atoms with van der Waals surface area (Å²) in [6.45, 7) is 0. The van der Waals surface area contributed by atoms with E-state index in [9.17, 15) is 0 Å². The maximum absolute atomic E-state index is 6.46. The highest BCUT2D eigenvalue weighted by molar-refractivity contribution is 5.99.